The van der Waals surface area contributed by atoms with Gasteiger partial charge in [-0.2, -0.15) is 0 Å². The fourth-order valence-electron chi connectivity index (χ4n) is 3.93. The second kappa shape index (κ2) is 9.70. The number of rotatable bonds is 8. The number of aryl methyl sites for hydroxylation is 2. The molecule has 0 radical (unpaired) electrons. The fourth-order valence-corrected chi connectivity index (χ4v) is 3.93. The average Bonchev–Trinajstić information content (AvgIpc) is 3.24. The van der Waals surface area contributed by atoms with Gasteiger partial charge in [0.2, 0.25) is 5.91 Å². The van der Waals surface area contributed by atoms with Gasteiger partial charge in [-0.25, -0.2) is 0 Å². The molecule has 0 aliphatic carbocycles. The molecule has 1 aliphatic rings. The highest BCUT2D eigenvalue weighted by Gasteiger charge is 2.25. The van der Waals surface area contributed by atoms with Crippen LogP contribution in [-0.2, 0) is 17.6 Å². The Labute approximate surface area is 164 Å². The van der Waals surface area contributed by atoms with Crippen molar-refractivity contribution in [1.29, 1.82) is 0 Å². The number of likely N-dealkylation sites (N-methyl/N-ethyl adjacent to an activating group) is 1. The molecule has 0 aromatic heterocycles. The van der Waals surface area contributed by atoms with E-state index in [1.54, 1.807) is 0 Å². The van der Waals surface area contributed by atoms with Crippen molar-refractivity contribution in [2.75, 3.05) is 26.7 Å². The van der Waals surface area contributed by atoms with Gasteiger partial charge in [0.1, 0.15) is 0 Å². The summed E-state index contributed by atoms with van der Waals surface area (Å²) in [6, 6.07) is 19.2. The minimum Gasteiger partial charge on any atom is -0.337 e. The van der Waals surface area contributed by atoms with Gasteiger partial charge in [-0.05, 0) is 55.5 Å². The molecule has 1 heterocycles. The SMILES string of the molecule is CCc1cccc([C@@H](CN2CCCC2)N(C)C(=O)CCc2ccccc2)c1. The number of amides is 1. The Morgan fingerprint density at radius 1 is 1.04 bits per heavy atom. The molecular weight excluding hydrogens is 332 g/mol. The first kappa shape index (κ1) is 19.6. The molecule has 1 aliphatic heterocycles. The van der Waals surface area contributed by atoms with Gasteiger partial charge in [-0.1, -0.05) is 61.5 Å². The zero-order valence-corrected chi connectivity index (χ0v) is 16.7. The molecule has 0 unspecified atom stereocenters. The molecule has 0 bridgehead atoms. The average molecular weight is 365 g/mol. The van der Waals surface area contributed by atoms with E-state index in [-0.39, 0.29) is 11.9 Å². The summed E-state index contributed by atoms with van der Waals surface area (Å²) in [4.78, 5) is 17.5. The monoisotopic (exact) mass is 364 g/mol. The lowest BCUT2D eigenvalue weighted by molar-refractivity contribution is -0.132. The Morgan fingerprint density at radius 2 is 1.74 bits per heavy atom. The van der Waals surface area contributed by atoms with Gasteiger partial charge in [0.05, 0.1) is 6.04 Å². The van der Waals surface area contributed by atoms with E-state index in [0.29, 0.717) is 6.42 Å². The Kier molecular flexibility index (Phi) is 7.05. The van der Waals surface area contributed by atoms with Gasteiger partial charge in [-0.15, -0.1) is 0 Å². The molecular formula is C24H32N2O. The Morgan fingerprint density at radius 3 is 2.44 bits per heavy atom. The van der Waals surface area contributed by atoms with Crippen molar-refractivity contribution in [2.24, 2.45) is 0 Å². The molecule has 0 N–H and O–H groups in total. The first-order valence-corrected chi connectivity index (χ1v) is 10.3. The van der Waals surface area contributed by atoms with Gasteiger partial charge in [0.25, 0.3) is 0 Å². The number of benzene rings is 2. The molecule has 1 fully saturated rings. The standard InChI is InChI=1S/C24H32N2O/c1-3-20-12-9-13-22(18-20)23(19-26-16-7-8-17-26)25(2)24(27)15-14-21-10-5-4-6-11-21/h4-6,9-13,18,23H,3,7-8,14-17,19H2,1-2H3/t23-/m1/s1. The number of hydrogen-bond acceptors (Lipinski definition) is 2. The Hall–Kier alpha value is -2.13. The lowest BCUT2D eigenvalue weighted by atomic mass is 10.0. The summed E-state index contributed by atoms with van der Waals surface area (Å²) < 4.78 is 0. The minimum absolute atomic E-state index is 0.123. The largest absolute Gasteiger partial charge is 0.337 e. The smallest absolute Gasteiger partial charge is 0.223 e. The van der Waals surface area contributed by atoms with Crippen molar-refractivity contribution >= 4 is 5.91 Å². The molecule has 144 valence electrons. The van der Waals surface area contributed by atoms with Crippen molar-refractivity contribution < 1.29 is 4.79 Å². The number of hydrogen-bond donors (Lipinski definition) is 0. The molecule has 0 spiro atoms. The number of nitrogens with zero attached hydrogens (tertiary/aromatic N) is 2. The summed E-state index contributed by atoms with van der Waals surface area (Å²) >= 11 is 0. The zero-order chi connectivity index (χ0) is 19.1. The highest BCUT2D eigenvalue weighted by atomic mass is 16.2. The van der Waals surface area contributed by atoms with Crippen LogP contribution in [0.5, 0.6) is 0 Å². The van der Waals surface area contributed by atoms with E-state index in [4.69, 9.17) is 0 Å². The van der Waals surface area contributed by atoms with Crippen LogP contribution in [0.25, 0.3) is 0 Å². The van der Waals surface area contributed by atoms with Crippen LogP contribution in [0.15, 0.2) is 54.6 Å². The van der Waals surface area contributed by atoms with Crippen LogP contribution in [0.3, 0.4) is 0 Å². The summed E-state index contributed by atoms with van der Waals surface area (Å²) in [5.41, 5.74) is 3.82. The fraction of sp³-hybridized carbons (Fsp3) is 0.458. The number of carbonyl (C=O) groups is 1. The second-order valence-corrected chi connectivity index (χ2v) is 7.61. The van der Waals surface area contributed by atoms with E-state index in [2.05, 4.69) is 48.2 Å². The molecule has 0 saturated carbocycles. The first-order valence-electron chi connectivity index (χ1n) is 10.3. The van der Waals surface area contributed by atoms with Gasteiger partial charge in [-0.3, -0.25) is 4.79 Å². The predicted octanol–water partition coefficient (Wildman–Crippen LogP) is 4.48. The van der Waals surface area contributed by atoms with Gasteiger partial charge in [0.15, 0.2) is 0 Å². The molecule has 3 nitrogen and oxygen atoms in total. The quantitative estimate of drug-likeness (QED) is 0.690. The van der Waals surface area contributed by atoms with E-state index in [9.17, 15) is 4.79 Å². The van der Waals surface area contributed by atoms with Crippen LogP contribution < -0.4 is 0 Å². The lowest BCUT2D eigenvalue weighted by Gasteiger charge is -2.32. The first-order chi connectivity index (χ1) is 13.2. The maximum absolute atomic E-state index is 13.0. The molecule has 3 rings (SSSR count). The van der Waals surface area contributed by atoms with E-state index >= 15 is 0 Å². The molecule has 3 heteroatoms. The summed E-state index contributed by atoms with van der Waals surface area (Å²) in [5, 5.41) is 0. The summed E-state index contributed by atoms with van der Waals surface area (Å²) in [7, 11) is 1.98. The third kappa shape index (κ3) is 5.43. The summed E-state index contributed by atoms with van der Waals surface area (Å²) in [5.74, 6) is 0.227. The summed E-state index contributed by atoms with van der Waals surface area (Å²) in [6.07, 6.45) is 4.93. The maximum Gasteiger partial charge on any atom is 0.223 e. The van der Waals surface area contributed by atoms with Crippen LogP contribution >= 0.6 is 0 Å². The topological polar surface area (TPSA) is 23.6 Å². The highest BCUT2D eigenvalue weighted by molar-refractivity contribution is 5.76. The zero-order valence-electron chi connectivity index (χ0n) is 16.7. The third-order valence-electron chi connectivity index (χ3n) is 5.71. The lowest BCUT2D eigenvalue weighted by Crippen LogP contribution is -2.38. The highest BCUT2D eigenvalue weighted by Crippen LogP contribution is 2.25. The molecule has 2 aromatic carbocycles. The van der Waals surface area contributed by atoms with Crippen LogP contribution in [0.4, 0.5) is 0 Å². The van der Waals surface area contributed by atoms with Crippen LogP contribution in [0.2, 0.25) is 0 Å². The molecule has 1 amide bonds. The molecule has 1 saturated heterocycles. The van der Waals surface area contributed by atoms with Crippen molar-refractivity contribution in [3.8, 4) is 0 Å². The van der Waals surface area contributed by atoms with E-state index in [1.807, 2.05) is 30.1 Å². The number of carbonyl (C=O) groups excluding carboxylic acids is 1. The van der Waals surface area contributed by atoms with E-state index in [1.165, 1.54) is 29.5 Å². The van der Waals surface area contributed by atoms with Crippen LogP contribution in [0.1, 0.15) is 48.9 Å². The van der Waals surface area contributed by atoms with Crippen LogP contribution in [-0.4, -0.2) is 42.4 Å². The Balaban J connectivity index is 1.72. The van der Waals surface area contributed by atoms with E-state index in [0.717, 1.165) is 32.5 Å². The van der Waals surface area contributed by atoms with Crippen molar-refractivity contribution in [3.63, 3.8) is 0 Å². The van der Waals surface area contributed by atoms with Crippen molar-refractivity contribution in [3.05, 3.63) is 71.3 Å². The van der Waals surface area contributed by atoms with Gasteiger partial charge < -0.3 is 9.80 Å². The van der Waals surface area contributed by atoms with Crippen molar-refractivity contribution in [1.82, 2.24) is 9.80 Å². The minimum atomic E-state index is 0.123. The second-order valence-electron chi connectivity index (χ2n) is 7.61. The summed E-state index contributed by atoms with van der Waals surface area (Å²) in [6.45, 7) is 5.41. The number of likely N-dealkylation sites (tertiary alicyclic amines) is 1. The van der Waals surface area contributed by atoms with Gasteiger partial charge in [0, 0.05) is 20.0 Å². The molecule has 27 heavy (non-hydrogen) atoms. The predicted molar refractivity (Wildman–Crippen MR) is 112 cm³/mol. The Bertz CT molecular complexity index is 722. The molecule has 1 atom stereocenters. The third-order valence-corrected chi connectivity index (χ3v) is 5.71. The van der Waals surface area contributed by atoms with E-state index < -0.39 is 0 Å². The normalized spacial score (nSPS) is 15.6. The van der Waals surface area contributed by atoms with Crippen LogP contribution in [0, 0.1) is 0 Å². The maximum atomic E-state index is 13.0. The molecule has 2 aromatic rings. The van der Waals surface area contributed by atoms with Crippen molar-refractivity contribution in [2.45, 2.75) is 45.1 Å². The van der Waals surface area contributed by atoms with Gasteiger partial charge >= 0.3 is 0 Å².